The topological polar surface area (TPSA) is 58.6 Å². The lowest BCUT2D eigenvalue weighted by Crippen LogP contribution is -2.53. The first-order valence-electron chi connectivity index (χ1n) is 10.6. The van der Waals surface area contributed by atoms with Gasteiger partial charge in [0.05, 0.1) is 6.61 Å². The summed E-state index contributed by atoms with van der Waals surface area (Å²) < 4.78 is 33.7. The molecule has 2 aromatic rings. The summed E-state index contributed by atoms with van der Waals surface area (Å²) in [5.41, 5.74) is -0.669. The van der Waals surface area contributed by atoms with E-state index in [1.165, 1.54) is 6.07 Å². The minimum absolute atomic E-state index is 0.231. The van der Waals surface area contributed by atoms with Gasteiger partial charge in [0.1, 0.15) is 29.0 Å². The van der Waals surface area contributed by atoms with Crippen LogP contribution in [-0.2, 0) is 4.79 Å². The molecule has 1 unspecified atom stereocenters. The maximum Gasteiger partial charge on any atom is 0.257 e. The van der Waals surface area contributed by atoms with Crippen LogP contribution in [0.15, 0.2) is 48.5 Å². The van der Waals surface area contributed by atoms with Crippen molar-refractivity contribution in [2.45, 2.75) is 32.7 Å². The zero-order valence-electron chi connectivity index (χ0n) is 17.8. The van der Waals surface area contributed by atoms with E-state index in [0.717, 1.165) is 30.7 Å². The standard InChI is InChI=1S/C24H28F2N2O3/c1-16(2)22(27-23(29)21-19(25)9-6-10-20(21)26)24(30)28-13-11-17(12-14-28)15-31-18-7-4-3-5-8-18/h3-10,16-17,22H,11-15H2,1-2H3,(H,27,29). The number of piperidine rings is 1. The minimum Gasteiger partial charge on any atom is -0.493 e. The average Bonchev–Trinajstić information content (AvgIpc) is 2.76. The monoisotopic (exact) mass is 430 g/mol. The van der Waals surface area contributed by atoms with E-state index >= 15 is 0 Å². The highest BCUT2D eigenvalue weighted by Crippen LogP contribution is 2.21. The van der Waals surface area contributed by atoms with Gasteiger partial charge in [-0.3, -0.25) is 9.59 Å². The fourth-order valence-electron chi connectivity index (χ4n) is 3.69. The summed E-state index contributed by atoms with van der Waals surface area (Å²) in [7, 11) is 0. The summed E-state index contributed by atoms with van der Waals surface area (Å²) >= 11 is 0. The van der Waals surface area contributed by atoms with E-state index in [0.29, 0.717) is 25.6 Å². The van der Waals surface area contributed by atoms with Crippen LogP contribution in [-0.4, -0.2) is 42.5 Å². The van der Waals surface area contributed by atoms with Crippen LogP contribution in [0.25, 0.3) is 0 Å². The lowest BCUT2D eigenvalue weighted by Gasteiger charge is -2.35. The number of benzene rings is 2. The van der Waals surface area contributed by atoms with Crippen molar-refractivity contribution in [2.75, 3.05) is 19.7 Å². The Morgan fingerprint density at radius 2 is 1.65 bits per heavy atom. The van der Waals surface area contributed by atoms with Gasteiger partial charge >= 0.3 is 0 Å². The molecule has 1 fully saturated rings. The summed E-state index contributed by atoms with van der Waals surface area (Å²) in [6, 6.07) is 12.0. The molecule has 0 spiro atoms. The first-order valence-corrected chi connectivity index (χ1v) is 10.6. The number of para-hydroxylation sites is 1. The van der Waals surface area contributed by atoms with Crippen LogP contribution >= 0.6 is 0 Å². The van der Waals surface area contributed by atoms with Gasteiger partial charge in [0.15, 0.2) is 0 Å². The molecule has 0 aromatic heterocycles. The van der Waals surface area contributed by atoms with E-state index in [-0.39, 0.29) is 11.8 Å². The Hall–Kier alpha value is -2.96. The maximum atomic E-state index is 13.9. The molecule has 0 saturated carbocycles. The first kappa shape index (κ1) is 22.7. The number of nitrogens with one attached hydrogen (secondary N) is 1. The molecular formula is C24H28F2N2O3. The van der Waals surface area contributed by atoms with Crippen molar-refractivity contribution in [3.05, 3.63) is 65.7 Å². The van der Waals surface area contributed by atoms with Crippen LogP contribution in [0.4, 0.5) is 8.78 Å². The number of nitrogens with zero attached hydrogens (tertiary/aromatic N) is 1. The Bertz CT molecular complexity index is 877. The second kappa shape index (κ2) is 10.4. The fourth-order valence-corrected chi connectivity index (χ4v) is 3.69. The summed E-state index contributed by atoms with van der Waals surface area (Å²) in [6.45, 7) is 5.27. The molecule has 0 aliphatic carbocycles. The van der Waals surface area contributed by atoms with E-state index in [1.807, 2.05) is 30.3 Å². The Labute approximate surface area is 181 Å². The number of hydrogen-bond donors (Lipinski definition) is 1. The molecule has 1 aliphatic rings. The van der Waals surface area contributed by atoms with Crippen molar-refractivity contribution in [3.8, 4) is 5.75 Å². The normalized spacial score (nSPS) is 15.6. The quantitative estimate of drug-likeness (QED) is 0.721. The van der Waals surface area contributed by atoms with Crippen LogP contribution in [0.3, 0.4) is 0 Å². The van der Waals surface area contributed by atoms with Gasteiger partial charge in [-0.25, -0.2) is 8.78 Å². The number of amides is 2. The fraction of sp³-hybridized carbons (Fsp3) is 0.417. The highest BCUT2D eigenvalue weighted by Gasteiger charge is 2.32. The molecule has 1 heterocycles. The first-order chi connectivity index (χ1) is 14.9. The molecule has 166 valence electrons. The van der Waals surface area contributed by atoms with Gasteiger partial charge in [-0.05, 0) is 48.9 Å². The number of likely N-dealkylation sites (tertiary alicyclic amines) is 1. The molecule has 5 nitrogen and oxygen atoms in total. The largest absolute Gasteiger partial charge is 0.493 e. The molecule has 7 heteroatoms. The molecule has 2 aromatic carbocycles. The van der Waals surface area contributed by atoms with Gasteiger partial charge in [-0.15, -0.1) is 0 Å². The number of rotatable bonds is 7. The zero-order valence-corrected chi connectivity index (χ0v) is 17.8. The Morgan fingerprint density at radius 1 is 1.03 bits per heavy atom. The van der Waals surface area contributed by atoms with Gasteiger partial charge in [0.2, 0.25) is 5.91 Å². The Kier molecular flexibility index (Phi) is 7.60. The predicted molar refractivity (Wildman–Crippen MR) is 114 cm³/mol. The third-order valence-electron chi connectivity index (χ3n) is 5.56. The van der Waals surface area contributed by atoms with Crippen molar-refractivity contribution >= 4 is 11.8 Å². The van der Waals surface area contributed by atoms with E-state index in [4.69, 9.17) is 4.74 Å². The summed E-state index contributed by atoms with van der Waals surface area (Å²) in [6.07, 6.45) is 1.58. The van der Waals surface area contributed by atoms with E-state index < -0.39 is 29.1 Å². The molecule has 1 atom stereocenters. The van der Waals surface area contributed by atoms with Crippen LogP contribution in [0.2, 0.25) is 0 Å². The predicted octanol–water partition coefficient (Wildman–Crippen LogP) is 4.04. The van der Waals surface area contributed by atoms with Gasteiger partial charge in [0, 0.05) is 13.1 Å². The second-order valence-electron chi connectivity index (χ2n) is 8.18. The van der Waals surface area contributed by atoms with Crippen molar-refractivity contribution in [3.63, 3.8) is 0 Å². The lowest BCUT2D eigenvalue weighted by molar-refractivity contribution is -0.135. The molecule has 31 heavy (non-hydrogen) atoms. The highest BCUT2D eigenvalue weighted by atomic mass is 19.1. The van der Waals surface area contributed by atoms with Gasteiger partial charge in [0.25, 0.3) is 5.91 Å². The summed E-state index contributed by atoms with van der Waals surface area (Å²) in [5, 5.41) is 2.53. The number of ether oxygens (including phenoxy) is 1. The minimum atomic E-state index is -0.952. The zero-order chi connectivity index (χ0) is 22.4. The third kappa shape index (κ3) is 5.81. The van der Waals surface area contributed by atoms with Gasteiger partial charge in [-0.1, -0.05) is 38.1 Å². The van der Waals surface area contributed by atoms with Crippen LogP contribution in [0.1, 0.15) is 37.0 Å². The van der Waals surface area contributed by atoms with Crippen molar-refractivity contribution in [2.24, 2.45) is 11.8 Å². The summed E-state index contributed by atoms with van der Waals surface area (Å²) in [4.78, 5) is 27.2. The van der Waals surface area contributed by atoms with E-state index in [9.17, 15) is 18.4 Å². The Morgan fingerprint density at radius 3 is 2.23 bits per heavy atom. The van der Waals surface area contributed by atoms with Crippen molar-refractivity contribution in [1.29, 1.82) is 0 Å². The SMILES string of the molecule is CC(C)C(NC(=O)c1c(F)cccc1F)C(=O)N1CCC(COc2ccccc2)CC1. The molecule has 1 N–H and O–H groups in total. The number of carbonyl (C=O) groups is 2. The van der Waals surface area contributed by atoms with Crippen LogP contribution < -0.4 is 10.1 Å². The van der Waals surface area contributed by atoms with Gasteiger partial charge < -0.3 is 15.0 Å². The van der Waals surface area contributed by atoms with Crippen LogP contribution in [0, 0.1) is 23.5 Å². The maximum absolute atomic E-state index is 13.9. The third-order valence-corrected chi connectivity index (χ3v) is 5.56. The molecule has 0 bridgehead atoms. The molecule has 0 radical (unpaired) electrons. The molecular weight excluding hydrogens is 402 g/mol. The van der Waals surface area contributed by atoms with E-state index in [1.54, 1.807) is 18.7 Å². The lowest BCUT2D eigenvalue weighted by atomic mass is 9.95. The molecule has 1 aliphatic heterocycles. The Balaban J connectivity index is 1.56. The average molecular weight is 430 g/mol. The molecule has 3 rings (SSSR count). The molecule has 1 saturated heterocycles. The smallest absolute Gasteiger partial charge is 0.257 e. The highest BCUT2D eigenvalue weighted by molar-refractivity contribution is 5.98. The van der Waals surface area contributed by atoms with Crippen LogP contribution in [0.5, 0.6) is 5.75 Å². The van der Waals surface area contributed by atoms with Crippen molar-refractivity contribution in [1.82, 2.24) is 10.2 Å². The van der Waals surface area contributed by atoms with E-state index in [2.05, 4.69) is 5.32 Å². The summed E-state index contributed by atoms with van der Waals surface area (Å²) in [5.74, 6) is -2.13. The number of carbonyl (C=O) groups excluding carboxylic acids is 2. The number of hydrogen-bond acceptors (Lipinski definition) is 3. The molecule has 2 amide bonds. The van der Waals surface area contributed by atoms with Gasteiger partial charge in [-0.2, -0.15) is 0 Å². The number of halogens is 2. The van der Waals surface area contributed by atoms with Crippen molar-refractivity contribution < 1.29 is 23.1 Å². The second-order valence-corrected chi connectivity index (χ2v) is 8.18.